The molecule has 0 amide bonds. The number of halogens is 2. The van der Waals surface area contributed by atoms with Crippen molar-refractivity contribution in [2.75, 3.05) is 0 Å². The lowest BCUT2D eigenvalue weighted by molar-refractivity contribution is -0.387. The van der Waals surface area contributed by atoms with Gasteiger partial charge in [-0.15, -0.1) is 0 Å². The van der Waals surface area contributed by atoms with E-state index in [0.29, 0.717) is 10.8 Å². The molecule has 0 aliphatic carbocycles. The van der Waals surface area contributed by atoms with E-state index >= 15 is 0 Å². The first-order valence-corrected chi connectivity index (χ1v) is 6.17. The van der Waals surface area contributed by atoms with Crippen LogP contribution in [0.5, 0.6) is 5.75 Å². The van der Waals surface area contributed by atoms with Gasteiger partial charge in [0.1, 0.15) is 12.4 Å². The minimum absolute atomic E-state index is 0.102. The van der Waals surface area contributed by atoms with E-state index in [9.17, 15) is 14.5 Å². The van der Waals surface area contributed by atoms with Crippen molar-refractivity contribution >= 4 is 17.3 Å². The summed E-state index contributed by atoms with van der Waals surface area (Å²) in [5.74, 6) is -0.361. The fraction of sp³-hybridized carbons (Fsp3) is 0.143. The average molecular weight is 296 g/mol. The molecule has 104 valence electrons. The SMILES string of the molecule is Cc1ccc(Cl)cc1OCc1cccc([N+](=O)[O-])c1F. The molecule has 0 unspecified atom stereocenters. The maximum Gasteiger partial charge on any atom is 0.305 e. The largest absolute Gasteiger partial charge is 0.488 e. The first kappa shape index (κ1) is 14.3. The van der Waals surface area contributed by atoms with E-state index in [1.165, 1.54) is 12.1 Å². The molecule has 0 atom stereocenters. The Hall–Kier alpha value is -2.14. The summed E-state index contributed by atoms with van der Waals surface area (Å²) in [6.45, 7) is 1.73. The molecule has 0 spiro atoms. The normalized spacial score (nSPS) is 10.3. The average Bonchev–Trinajstić information content (AvgIpc) is 2.41. The van der Waals surface area contributed by atoms with Crippen molar-refractivity contribution in [2.24, 2.45) is 0 Å². The number of ether oxygens (including phenoxy) is 1. The molecule has 0 heterocycles. The van der Waals surface area contributed by atoms with Crippen LogP contribution in [0.25, 0.3) is 0 Å². The topological polar surface area (TPSA) is 52.4 Å². The lowest BCUT2D eigenvalue weighted by Crippen LogP contribution is -2.02. The third kappa shape index (κ3) is 3.05. The molecular weight excluding hydrogens is 285 g/mol. The Labute approximate surface area is 119 Å². The standard InChI is InChI=1S/C14H11ClFNO3/c1-9-5-6-11(15)7-13(9)20-8-10-3-2-4-12(14(10)16)17(18)19/h2-7H,8H2,1H3. The van der Waals surface area contributed by atoms with Crippen LogP contribution in [0.1, 0.15) is 11.1 Å². The van der Waals surface area contributed by atoms with Crippen LogP contribution in [-0.2, 0) is 6.61 Å². The van der Waals surface area contributed by atoms with Crippen LogP contribution in [0.4, 0.5) is 10.1 Å². The number of rotatable bonds is 4. The maximum absolute atomic E-state index is 13.9. The second-order valence-corrected chi connectivity index (χ2v) is 4.64. The van der Waals surface area contributed by atoms with Gasteiger partial charge in [0.15, 0.2) is 0 Å². The fourth-order valence-corrected chi connectivity index (χ4v) is 1.87. The van der Waals surface area contributed by atoms with Crippen molar-refractivity contribution < 1.29 is 14.1 Å². The van der Waals surface area contributed by atoms with Crippen molar-refractivity contribution in [3.8, 4) is 5.75 Å². The van der Waals surface area contributed by atoms with Crippen molar-refractivity contribution in [1.82, 2.24) is 0 Å². The van der Waals surface area contributed by atoms with Gasteiger partial charge in [-0.25, -0.2) is 0 Å². The summed E-state index contributed by atoms with van der Waals surface area (Å²) in [5, 5.41) is 11.2. The third-order valence-corrected chi connectivity index (χ3v) is 3.02. The summed E-state index contributed by atoms with van der Waals surface area (Å²) in [4.78, 5) is 9.89. The van der Waals surface area contributed by atoms with E-state index in [-0.39, 0.29) is 12.2 Å². The number of nitro benzene ring substituents is 1. The Morgan fingerprint density at radius 1 is 1.35 bits per heavy atom. The summed E-state index contributed by atoms with van der Waals surface area (Å²) in [6.07, 6.45) is 0. The highest BCUT2D eigenvalue weighted by Crippen LogP contribution is 2.25. The van der Waals surface area contributed by atoms with Gasteiger partial charge in [-0.05, 0) is 24.6 Å². The number of nitrogens with zero attached hydrogens (tertiary/aromatic N) is 1. The van der Waals surface area contributed by atoms with Crippen molar-refractivity contribution in [1.29, 1.82) is 0 Å². The van der Waals surface area contributed by atoms with Crippen LogP contribution in [0.15, 0.2) is 36.4 Å². The molecule has 0 saturated carbocycles. The summed E-state index contributed by atoms with van der Waals surface area (Å²) in [6, 6.07) is 9.10. The molecule has 0 saturated heterocycles. The van der Waals surface area contributed by atoms with Crippen LogP contribution in [0.2, 0.25) is 5.02 Å². The monoisotopic (exact) mass is 295 g/mol. The minimum Gasteiger partial charge on any atom is -0.488 e. The Morgan fingerprint density at radius 2 is 2.10 bits per heavy atom. The molecular formula is C14H11ClFNO3. The molecule has 20 heavy (non-hydrogen) atoms. The summed E-state index contributed by atoms with van der Waals surface area (Å²) in [5.41, 5.74) is 0.410. The van der Waals surface area contributed by atoms with Gasteiger partial charge in [0.2, 0.25) is 5.82 Å². The molecule has 0 aliphatic rings. The molecule has 0 fully saturated rings. The molecule has 0 aliphatic heterocycles. The third-order valence-electron chi connectivity index (χ3n) is 2.79. The van der Waals surface area contributed by atoms with Gasteiger partial charge in [-0.2, -0.15) is 4.39 Å². The van der Waals surface area contributed by atoms with E-state index in [1.54, 1.807) is 18.2 Å². The number of hydrogen-bond donors (Lipinski definition) is 0. The predicted octanol–water partition coefficient (Wildman–Crippen LogP) is 4.27. The predicted molar refractivity (Wildman–Crippen MR) is 73.6 cm³/mol. The Balaban J connectivity index is 2.21. The van der Waals surface area contributed by atoms with E-state index in [1.807, 2.05) is 6.92 Å². The molecule has 0 bridgehead atoms. The highest BCUT2D eigenvalue weighted by Gasteiger charge is 2.17. The van der Waals surface area contributed by atoms with Gasteiger partial charge in [-0.1, -0.05) is 29.8 Å². The lowest BCUT2D eigenvalue weighted by Gasteiger charge is -2.10. The van der Waals surface area contributed by atoms with E-state index < -0.39 is 16.4 Å². The molecule has 2 rings (SSSR count). The van der Waals surface area contributed by atoms with Crippen LogP contribution in [-0.4, -0.2) is 4.92 Å². The van der Waals surface area contributed by atoms with Crippen molar-refractivity contribution in [2.45, 2.75) is 13.5 Å². The summed E-state index contributed by atoms with van der Waals surface area (Å²) < 4.78 is 19.3. The van der Waals surface area contributed by atoms with Crippen LogP contribution >= 0.6 is 11.6 Å². The molecule has 2 aromatic rings. The number of nitro groups is 1. The number of aryl methyl sites for hydroxylation is 1. The zero-order valence-corrected chi connectivity index (χ0v) is 11.4. The van der Waals surface area contributed by atoms with Gasteiger partial charge < -0.3 is 4.74 Å². The Kier molecular flexibility index (Phi) is 4.20. The molecule has 2 aromatic carbocycles. The number of benzene rings is 2. The highest BCUT2D eigenvalue weighted by molar-refractivity contribution is 6.30. The van der Waals surface area contributed by atoms with Crippen molar-refractivity contribution in [3.63, 3.8) is 0 Å². The molecule has 6 heteroatoms. The van der Waals surface area contributed by atoms with Gasteiger partial charge in [-0.3, -0.25) is 10.1 Å². The minimum atomic E-state index is -0.878. The van der Waals surface area contributed by atoms with Crippen LogP contribution in [0.3, 0.4) is 0 Å². The van der Waals surface area contributed by atoms with Crippen LogP contribution in [0, 0.1) is 22.9 Å². The molecule has 0 aromatic heterocycles. The van der Waals surface area contributed by atoms with Crippen molar-refractivity contribution in [3.05, 3.63) is 68.5 Å². The highest BCUT2D eigenvalue weighted by atomic mass is 35.5. The Morgan fingerprint density at radius 3 is 2.80 bits per heavy atom. The van der Waals surface area contributed by atoms with E-state index in [2.05, 4.69) is 0 Å². The van der Waals surface area contributed by atoms with Gasteiger partial charge in [0.05, 0.1) is 4.92 Å². The Bertz CT molecular complexity index is 661. The second kappa shape index (κ2) is 5.88. The lowest BCUT2D eigenvalue weighted by atomic mass is 10.2. The quantitative estimate of drug-likeness (QED) is 0.625. The van der Waals surface area contributed by atoms with Gasteiger partial charge >= 0.3 is 5.69 Å². The van der Waals surface area contributed by atoms with Gasteiger partial charge in [0, 0.05) is 16.7 Å². The van der Waals surface area contributed by atoms with E-state index in [4.69, 9.17) is 16.3 Å². The maximum atomic E-state index is 13.9. The summed E-state index contributed by atoms with van der Waals surface area (Å²) >= 11 is 5.85. The smallest absolute Gasteiger partial charge is 0.305 e. The zero-order valence-electron chi connectivity index (χ0n) is 10.6. The first-order valence-electron chi connectivity index (χ1n) is 5.80. The molecule has 4 nitrogen and oxygen atoms in total. The number of hydrogen-bond acceptors (Lipinski definition) is 3. The van der Waals surface area contributed by atoms with Gasteiger partial charge in [0.25, 0.3) is 0 Å². The first-order chi connectivity index (χ1) is 9.49. The molecule has 0 N–H and O–H groups in total. The fourth-order valence-electron chi connectivity index (χ4n) is 1.70. The zero-order chi connectivity index (χ0) is 14.7. The van der Waals surface area contributed by atoms with Crippen LogP contribution < -0.4 is 4.74 Å². The molecule has 0 radical (unpaired) electrons. The summed E-state index contributed by atoms with van der Waals surface area (Å²) in [7, 11) is 0. The second-order valence-electron chi connectivity index (χ2n) is 4.21. The van der Waals surface area contributed by atoms with E-state index in [0.717, 1.165) is 11.6 Å².